The lowest BCUT2D eigenvalue weighted by molar-refractivity contribution is 0.402. The van der Waals surface area contributed by atoms with Crippen LogP contribution in [0.3, 0.4) is 0 Å². The van der Waals surface area contributed by atoms with Crippen LogP contribution in [0.1, 0.15) is 38.2 Å². The Balaban J connectivity index is 2.82. The molecule has 0 aromatic carbocycles. The predicted molar refractivity (Wildman–Crippen MR) is 58.0 cm³/mol. The maximum absolute atomic E-state index is 4.34. The van der Waals surface area contributed by atoms with E-state index in [9.17, 15) is 0 Å². The number of nitrogens with zero attached hydrogens (tertiary/aromatic N) is 2. The summed E-state index contributed by atoms with van der Waals surface area (Å²) in [5.74, 6) is 1.41. The van der Waals surface area contributed by atoms with Crippen LogP contribution in [0, 0.1) is 12.8 Å². The quantitative estimate of drug-likeness (QED) is 0.795. The average molecular weight is 193 g/mol. The zero-order valence-corrected chi connectivity index (χ0v) is 9.41. The molecule has 0 saturated heterocycles. The molecule has 0 amide bonds. The van der Waals surface area contributed by atoms with Gasteiger partial charge in [-0.15, -0.1) is 0 Å². The summed E-state index contributed by atoms with van der Waals surface area (Å²) in [5, 5.41) is 3.39. The van der Waals surface area contributed by atoms with Gasteiger partial charge in [0.15, 0.2) is 0 Å². The molecule has 1 unspecified atom stereocenters. The second kappa shape index (κ2) is 5.05. The number of aryl methyl sites for hydroxylation is 1. The van der Waals surface area contributed by atoms with Gasteiger partial charge in [0.2, 0.25) is 0 Å². The third-order valence-electron chi connectivity index (χ3n) is 2.17. The van der Waals surface area contributed by atoms with Crippen molar-refractivity contribution in [2.75, 3.05) is 6.54 Å². The maximum atomic E-state index is 4.34. The summed E-state index contributed by atoms with van der Waals surface area (Å²) in [4.78, 5) is 8.69. The number of hydrogen-bond acceptors (Lipinski definition) is 3. The summed E-state index contributed by atoms with van der Waals surface area (Å²) >= 11 is 0. The van der Waals surface area contributed by atoms with E-state index >= 15 is 0 Å². The molecule has 0 aliphatic carbocycles. The maximum Gasteiger partial charge on any atom is 0.145 e. The van der Waals surface area contributed by atoms with Crippen molar-refractivity contribution < 1.29 is 0 Å². The highest BCUT2D eigenvalue weighted by molar-refractivity contribution is 5.05. The second-order valence-electron chi connectivity index (χ2n) is 3.90. The topological polar surface area (TPSA) is 37.8 Å². The van der Waals surface area contributed by atoms with Gasteiger partial charge in [0.25, 0.3) is 0 Å². The molecular weight excluding hydrogens is 174 g/mol. The van der Waals surface area contributed by atoms with E-state index in [0.29, 0.717) is 5.92 Å². The Morgan fingerprint density at radius 2 is 1.86 bits per heavy atom. The number of aromatic nitrogens is 2. The molecule has 78 valence electrons. The first kappa shape index (κ1) is 11.1. The largest absolute Gasteiger partial charge is 0.307 e. The van der Waals surface area contributed by atoms with Crippen molar-refractivity contribution in [1.29, 1.82) is 0 Å². The van der Waals surface area contributed by atoms with Gasteiger partial charge >= 0.3 is 0 Å². The van der Waals surface area contributed by atoms with Gasteiger partial charge in [-0.25, -0.2) is 9.97 Å². The molecule has 1 aromatic rings. The molecule has 0 fully saturated rings. The highest BCUT2D eigenvalue weighted by atomic mass is 15.0. The molecule has 1 atom stereocenters. The van der Waals surface area contributed by atoms with Crippen LogP contribution in [-0.4, -0.2) is 16.5 Å². The first-order valence-corrected chi connectivity index (χ1v) is 5.17. The fraction of sp³-hybridized carbons (Fsp3) is 0.636. The highest BCUT2D eigenvalue weighted by Gasteiger charge is 2.16. The lowest BCUT2D eigenvalue weighted by atomic mass is 10.0. The lowest BCUT2D eigenvalue weighted by Gasteiger charge is -2.19. The van der Waals surface area contributed by atoms with Crippen LogP contribution < -0.4 is 5.32 Å². The van der Waals surface area contributed by atoms with Crippen LogP contribution in [0.2, 0.25) is 0 Å². The Bertz CT molecular complexity index is 266. The Labute approximate surface area is 86.0 Å². The Morgan fingerprint density at radius 1 is 1.29 bits per heavy atom. The minimum absolute atomic E-state index is 0.264. The Morgan fingerprint density at radius 3 is 2.29 bits per heavy atom. The third-order valence-corrected chi connectivity index (χ3v) is 2.17. The summed E-state index contributed by atoms with van der Waals surface area (Å²) < 4.78 is 0. The molecule has 3 heteroatoms. The minimum atomic E-state index is 0.264. The van der Waals surface area contributed by atoms with Crippen LogP contribution in [0.25, 0.3) is 0 Å². The second-order valence-corrected chi connectivity index (χ2v) is 3.90. The van der Waals surface area contributed by atoms with Gasteiger partial charge in [0, 0.05) is 12.4 Å². The molecule has 0 spiro atoms. The van der Waals surface area contributed by atoms with E-state index in [1.807, 2.05) is 19.3 Å². The van der Waals surface area contributed by atoms with Gasteiger partial charge in [0.1, 0.15) is 5.82 Å². The van der Waals surface area contributed by atoms with Crippen LogP contribution in [-0.2, 0) is 0 Å². The summed E-state index contributed by atoms with van der Waals surface area (Å²) in [5.41, 5.74) is 1.10. The van der Waals surface area contributed by atoms with Gasteiger partial charge in [0.05, 0.1) is 6.04 Å². The van der Waals surface area contributed by atoms with E-state index in [2.05, 4.69) is 36.1 Å². The van der Waals surface area contributed by atoms with Gasteiger partial charge in [-0.2, -0.15) is 0 Å². The minimum Gasteiger partial charge on any atom is -0.307 e. The van der Waals surface area contributed by atoms with Crippen molar-refractivity contribution in [1.82, 2.24) is 15.3 Å². The Kier molecular flexibility index (Phi) is 4.01. The zero-order valence-electron chi connectivity index (χ0n) is 9.41. The van der Waals surface area contributed by atoms with Crippen molar-refractivity contribution in [2.24, 2.45) is 5.92 Å². The fourth-order valence-electron chi connectivity index (χ4n) is 1.41. The molecule has 1 heterocycles. The van der Waals surface area contributed by atoms with E-state index < -0.39 is 0 Å². The number of nitrogens with one attached hydrogen (secondary N) is 1. The van der Waals surface area contributed by atoms with Gasteiger partial charge in [-0.05, 0) is 24.9 Å². The number of hydrogen-bond donors (Lipinski definition) is 1. The SMILES string of the molecule is CCNC(c1ncc(C)cn1)C(C)C. The van der Waals surface area contributed by atoms with E-state index in [4.69, 9.17) is 0 Å². The molecule has 0 bridgehead atoms. The first-order valence-electron chi connectivity index (χ1n) is 5.17. The standard InChI is InChI=1S/C11H19N3/c1-5-12-10(8(2)3)11-13-6-9(4)7-14-11/h6-8,10,12H,5H2,1-4H3. The van der Waals surface area contributed by atoms with Crippen LogP contribution in [0.5, 0.6) is 0 Å². The molecule has 1 aromatic heterocycles. The predicted octanol–water partition coefficient (Wildman–Crippen LogP) is 2.09. The molecule has 0 saturated carbocycles. The van der Waals surface area contributed by atoms with Crippen molar-refractivity contribution in [3.05, 3.63) is 23.8 Å². The summed E-state index contributed by atoms with van der Waals surface area (Å²) in [7, 11) is 0. The summed E-state index contributed by atoms with van der Waals surface area (Å²) in [6.45, 7) is 9.40. The average Bonchev–Trinajstić information content (AvgIpc) is 2.15. The monoisotopic (exact) mass is 193 g/mol. The first-order chi connectivity index (χ1) is 6.65. The normalized spacial score (nSPS) is 13.2. The van der Waals surface area contributed by atoms with E-state index in [-0.39, 0.29) is 6.04 Å². The van der Waals surface area contributed by atoms with Crippen LogP contribution in [0.15, 0.2) is 12.4 Å². The van der Waals surface area contributed by atoms with E-state index in [0.717, 1.165) is 17.9 Å². The van der Waals surface area contributed by atoms with Gasteiger partial charge < -0.3 is 5.32 Å². The van der Waals surface area contributed by atoms with Crippen molar-refractivity contribution in [3.8, 4) is 0 Å². The third kappa shape index (κ3) is 2.77. The molecular formula is C11H19N3. The molecule has 1 N–H and O–H groups in total. The van der Waals surface area contributed by atoms with E-state index in [1.54, 1.807) is 0 Å². The zero-order chi connectivity index (χ0) is 10.6. The summed E-state index contributed by atoms with van der Waals surface area (Å²) in [6.07, 6.45) is 3.74. The fourth-order valence-corrected chi connectivity index (χ4v) is 1.41. The van der Waals surface area contributed by atoms with Gasteiger partial charge in [-0.3, -0.25) is 0 Å². The van der Waals surface area contributed by atoms with Crippen molar-refractivity contribution in [2.45, 2.75) is 33.7 Å². The smallest absolute Gasteiger partial charge is 0.145 e. The lowest BCUT2D eigenvalue weighted by Crippen LogP contribution is -2.27. The summed E-state index contributed by atoms with van der Waals surface area (Å²) in [6, 6.07) is 0.264. The van der Waals surface area contributed by atoms with Crippen molar-refractivity contribution in [3.63, 3.8) is 0 Å². The Hall–Kier alpha value is -0.960. The van der Waals surface area contributed by atoms with Crippen LogP contribution >= 0.6 is 0 Å². The number of rotatable bonds is 4. The molecule has 0 aliphatic heterocycles. The molecule has 3 nitrogen and oxygen atoms in total. The highest BCUT2D eigenvalue weighted by Crippen LogP contribution is 2.17. The molecule has 0 aliphatic rings. The van der Waals surface area contributed by atoms with E-state index in [1.165, 1.54) is 0 Å². The van der Waals surface area contributed by atoms with Crippen molar-refractivity contribution >= 4 is 0 Å². The van der Waals surface area contributed by atoms with Gasteiger partial charge in [-0.1, -0.05) is 20.8 Å². The molecule has 1 rings (SSSR count). The molecule has 0 radical (unpaired) electrons. The molecule has 14 heavy (non-hydrogen) atoms. The van der Waals surface area contributed by atoms with Crippen LogP contribution in [0.4, 0.5) is 0 Å².